The number of amides is 1. The molecule has 0 atom stereocenters. The number of rotatable bonds is 4. The molecule has 7 nitrogen and oxygen atoms in total. The molecule has 2 heterocycles. The summed E-state index contributed by atoms with van der Waals surface area (Å²) in [5.41, 5.74) is -2.40. The van der Waals surface area contributed by atoms with Gasteiger partial charge >= 0.3 is 12.1 Å². The van der Waals surface area contributed by atoms with Crippen LogP contribution in [0.15, 0.2) is 29.2 Å². The SMILES string of the molecule is CCOC(=O)c1ccc(C(=O)Nc2cc(C(F)(F)F)c[nH]c2=O)nc1C. The van der Waals surface area contributed by atoms with E-state index in [4.69, 9.17) is 4.74 Å². The molecular weight excluding hydrogens is 355 g/mol. The zero-order valence-electron chi connectivity index (χ0n) is 13.7. The van der Waals surface area contributed by atoms with Crippen molar-refractivity contribution in [2.24, 2.45) is 0 Å². The number of carbonyl (C=O) groups excluding carboxylic acids is 2. The maximum atomic E-state index is 12.7. The Balaban J connectivity index is 2.27. The molecule has 2 aromatic rings. The Labute approximate surface area is 145 Å². The largest absolute Gasteiger partial charge is 0.462 e. The number of ether oxygens (including phenoxy) is 1. The number of anilines is 1. The number of aromatic amines is 1. The summed E-state index contributed by atoms with van der Waals surface area (Å²) >= 11 is 0. The first-order chi connectivity index (χ1) is 12.1. The van der Waals surface area contributed by atoms with Crippen molar-refractivity contribution in [2.45, 2.75) is 20.0 Å². The van der Waals surface area contributed by atoms with Gasteiger partial charge in [0.1, 0.15) is 11.4 Å². The van der Waals surface area contributed by atoms with Gasteiger partial charge in [0.2, 0.25) is 0 Å². The predicted molar refractivity (Wildman–Crippen MR) is 84.9 cm³/mol. The highest BCUT2D eigenvalue weighted by molar-refractivity contribution is 6.03. The van der Waals surface area contributed by atoms with Crippen LogP contribution in [0.5, 0.6) is 0 Å². The van der Waals surface area contributed by atoms with E-state index in [2.05, 4.69) is 10.3 Å². The number of aromatic nitrogens is 2. The molecule has 0 spiro atoms. The van der Waals surface area contributed by atoms with E-state index < -0.39 is 34.9 Å². The lowest BCUT2D eigenvalue weighted by Crippen LogP contribution is -2.22. The first-order valence-corrected chi connectivity index (χ1v) is 7.39. The molecule has 2 aromatic heterocycles. The molecule has 0 fully saturated rings. The van der Waals surface area contributed by atoms with Crippen LogP contribution in [0.4, 0.5) is 18.9 Å². The molecule has 0 bridgehead atoms. The van der Waals surface area contributed by atoms with Gasteiger partial charge < -0.3 is 15.0 Å². The molecule has 0 aliphatic rings. The van der Waals surface area contributed by atoms with E-state index in [9.17, 15) is 27.6 Å². The molecule has 26 heavy (non-hydrogen) atoms. The Hall–Kier alpha value is -3.17. The summed E-state index contributed by atoms with van der Waals surface area (Å²) in [6, 6.07) is 3.04. The molecule has 10 heteroatoms. The van der Waals surface area contributed by atoms with E-state index in [1.807, 2.05) is 4.98 Å². The van der Waals surface area contributed by atoms with Crippen LogP contribution in [0.3, 0.4) is 0 Å². The van der Waals surface area contributed by atoms with E-state index in [1.165, 1.54) is 19.1 Å². The van der Waals surface area contributed by atoms with Gasteiger partial charge in [-0.25, -0.2) is 9.78 Å². The maximum Gasteiger partial charge on any atom is 0.417 e. The molecule has 0 aliphatic carbocycles. The second-order valence-corrected chi connectivity index (χ2v) is 5.13. The Morgan fingerprint density at radius 2 is 2.00 bits per heavy atom. The van der Waals surface area contributed by atoms with Crippen molar-refractivity contribution in [1.82, 2.24) is 9.97 Å². The van der Waals surface area contributed by atoms with Crippen molar-refractivity contribution in [1.29, 1.82) is 0 Å². The van der Waals surface area contributed by atoms with Crippen LogP contribution in [0.1, 0.15) is 39.0 Å². The fraction of sp³-hybridized carbons (Fsp3) is 0.250. The number of nitrogens with zero attached hydrogens (tertiary/aromatic N) is 1. The molecular formula is C16H14F3N3O4. The van der Waals surface area contributed by atoms with Gasteiger partial charge in [0.15, 0.2) is 0 Å². The highest BCUT2D eigenvalue weighted by Gasteiger charge is 2.31. The first kappa shape index (κ1) is 19.2. The molecule has 0 radical (unpaired) electrons. The van der Waals surface area contributed by atoms with Crippen molar-refractivity contribution in [3.05, 3.63) is 57.3 Å². The normalized spacial score (nSPS) is 11.1. The fourth-order valence-corrected chi connectivity index (χ4v) is 2.04. The van der Waals surface area contributed by atoms with Gasteiger partial charge in [-0.2, -0.15) is 13.2 Å². The number of alkyl halides is 3. The van der Waals surface area contributed by atoms with Crippen molar-refractivity contribution in [3.63, 3.8) is 0 Å². The molecule has 1 amide bonds. The summed E-state index contributed by atoms with van der Waals surface area (Å²) in [5.74, 6) is -1.51. The van der Waals surface area contributed by atoms with E-state index in [0.717, 1.165) is 0 Å². The van der Waals surface area contributed by atoms with Crippen LogP contribution in [-0.2, 0) is 10.9 Å². The van der Waals surface area contributed by atoms with Crippen LogP contribution >= 0.6 is 0 Å². The molecule has 2 rings (SSSR count). The Bertz CT molecular complexity index is 906. The zero-order chi connectivity index (χ0) is 19.5. The van der Waals surface area contributed by atoms with Gasteiger partial charge in [0.05, 0.1) is 23.4 Å². The number of carbonyl (C=O) groups is 2. The predicted octanol–water partition coefficient (Wildman–Crippen LogP) is 2.53. The second-order valence-electron chi connectivity index (χ2n) is 5.13. The summed E-state index contributed by atoms with van der Waals surface area (Å²) in [6.07, 6.45) is -4.17. The summed E-state index contributed by atoms with van der Waals surface area (Å²) in [4.78, 5) is 41.3. The van der Waals surface area contributed by atoms with Crippen LogP contribution < -0.4 is 10.9 Å². The lowest BCUT2D eigenvalue weighted by atomic mass is 10.2. The van der Waals surface area contributed by atoms with Crippen molar-refractivity contribution in [2.75, 3.05) is 11.9 Å². The number of H-pyrrole nitrogens is 1. The third-order valence-corrected chi connectivity index (χ3v) is 3.29. The second kappa shape index (κ2) is 7.38. The minimum Gasteiger partial charge on any atom is -0.462 e. The summed E-state index contributed by atoms with van der Waals surface area (Å²) in [7, 11) is 0. The average Bonchev–Trinajstić information content (AvgIpc) is 2.55. The Morgan fingerprint density at radius 1 is 1.31 bits per heavy atom. The van der Waals surface area contributed by atoms with E-state index in [0.29, 0.717) is 12.3 Å². The molecule has 2 N–H and O–H groups in total. The van der Waals surface area contributed by atoms with Crippen LogP contribution in [-0.4, -0.2) is 28.5 Å². The number of hydrogen-bond donors (Lipinski definition) is 2. The van der Waals surface area contributed by atoms with Gasteiger partial charge in [-0.15, -0.1) is 0 Å². The van der Waals surface area contributed by atoms with Gasteiger partial charge in [0, 0.05) is 6.20 Å². The van der Waals surface area contributed by atoms with E-state index >= 15 is 0 Å². The lowest BCUT2D eigenvalue weighted by Gasteiger charge is -2.10. The zero-order valence-corrected chi connectivity index (χ0v) is 13.7. The number of aryl methyl sites for hydroxylation is 1. The number of halogens is 3. The third kappa shape index (κ3) is 4.26. The highest BCUT2D eigenvalue weighted by Crippen LogP contribution is 2.29. The number of hydrogen-bond acceptors (Lipinski definition) is 5. The van der Waals surface area contributed by atoms with Gasteiger partial charge in [0.25, 0.3) is 11.5 Å². The minimum atomic E-state index is -4.68. The molecule has 0 aromatic carbocycles. The standard InChI is InChI=1S/C16H14F3N3O4/c1-3-26-15(25)10-4-5-11(21-8(10)2)14(24)22-12-6-9(16(17,18)19)7-20-13(12)23/h4-7H,3H2,1-2H3,(H,20,23)(H,22,24). The van der Waals surface area contributed by atoms with Crippen LogP contribution in [0.25, 0.3) is 0 Å². The number of nitrogens with one attached hydrogen (secondary N) is 2. The van der Waals surface area contributed by atoms with Crippen LogP contribution in [0.2, 0.25) is 0 Å². The maximum absolute atomic E-state index is 12.7. The number of pyridine rings is 2. The van der Waals surface area contributed by atoms with E-state index in [1.54, 1.807) is 6.92 Å². The van der Waals surface area contributed by atoms with Crippen molar-refractivity contribution >= 4 is 17.6 Å². The molecule has 138 valence electrons. The Kier molecular flexibility index (Phi) is 5.44. The smallest absolute Gasteiger partial charge is 0.417 e. The summed E-state index contributed by atoms with van der Waals surface area (Å²) in [6.45, 7) is 3.27. The highest BCUT2D eigenvalue weighted by atomic mass is 19.4. The lowest BCUT2D eigenvalue weighted by molar-refractivity contribution is -0.137. The fourth-order valence-electron chi connectivity index (χ4n) is 2.04. The molecule has 0 saturated heterocycles. The van der Waals surface area contributed by atoms with Gasteiger partial charge in [-0.05, 0) is 32.0 Å². The van der Waals surface area contributed by atoms with Crippen LogP contribution in [0, 0.1) is 6.92 Å². The van der Waals surface area contributed by atoms with E-state index in [-0.39, 0.29) is 23.6 Å². The quantitative estimate of drug-likeness (QED) is 0.807. The van der Waals surface area contributed by atoms with Crippen molar-refractivity contribution < 1.29 is 27.5 Å². The summed E-state index contributed by atoms with van der Waals surface area (Å²) < 4.78 is 42.9. The third-order valence-electron chi connectivity index (χ3n) is 3.29. The average molecular weight is 369 g/mol. The monoisotopic (exact) mass is 369 g/mol. The molecule has 0 unspecified atom stereocenters. The van der Waals surface area contributed by atoms with Gasteiger partial charge in [-0.3, -0.25) is 9.59 Å². The topological polar surface area (TPSA) is 101 Å². The molecule has 0 aliphatic heterocycles. The number of esters is 1. The Morgan fingerprint density at radius 3 is 2.58 bits per heavy atom. The van der Waals surface area contributed by atoms with Gasteiger partial charge in [-0.1, -0.05) is 0 Å². The molecule has 0 saturated carbocycles. The summed E-state index contributed by atoms with van der Waals surface area (Å²) in [5, 5.41) is 2.08. The first-order valence-electron chi connectivity index (χ1n) is 7.39. The minimum absolute atomic E-state index is 0.153. The van der Waals surface area contributed by atoms with Crippen molar-refractivity contribution in [3.8, 4) is 0 Å².